The van der Waals surface area contributed by atoms with Gasteiger partial charge in [0.15, 0.2) is 5.96 Å². The van der Waals surface area contributed by atoms with Gasteiger partial charge in [-0.15, -0.1) is 24.0 Å². The molecular weight excluding hydrogens is 431 g/mol. The minimum Gasteiger partial charge on any atom is -0.356 e. The number of benzene rings is 1. The Balaban J connectivity index is 0.00000264. The zero-order valence-corrected chi connectivity index (χ0v) is 16.7. The summed E-state index contributed by atoms with van der Waals surface area (Å²) in [4.78, 5) is 6.57. The van der Waals surface area contributed by atoms with Gasteiger partial charge in [0.25, 0.3) is 0 Å². The molecule has 7 heteroatoms. The lowest BCUT2D eigenvalue weighted by molar-refractivity contribution is 0.408. The number of hydrogen-bond donors (Lipinski definition) is 1. The molecule has 0 bridgehead atoms. The summed E-state index contributed by atoms with van der Waals surface area (Å²) >= 11 is 2.01. The molecule has 1 atom stereocenters. The minimum atomic E-state index is -0.540. The Kier molecular flexibility index (Phi) is 9.19. The van der Waals surface area contributed by atoms with Crippen LogP contribution in [-0.4, -0.2) is 48.5 Å². The van der Waals surface area contributed by atoms with Gasteiger partial charge in [0.2, 0.25) is 0 Å². The van der Waals surface area contributed by atoms with Gasteiger partial charge in [0.05, 0.1) is 0 Å². The average Bonchev–Trinajstić information content (AvgIpc) is 2.53. The highest BCUT2D eigenvalue weighted by Crippen LogP contribution is 2.21. The molecule has 0 aromatic heterocycles. The van der Waals surface area contributed by atoms with Crippen LogP contribution in [-0.2, 0) is 6.42 Å². The summed E-state index contributed by atoms with van der Waals surface area (Å²) in [6.45, 7) is 4.75. The SMILES string of the molecule is CCC1CN(C(=NC)NCCc2ccc(F)cc2F)CCS1.I. The molecular formula is C16H24F2IN3S. The lowest BCUT2D eigenvalue weighted by Crippen LogP contribution is -2.48. The molecule has 1 aliphatic rings. The van der Waals surface area contributed by atoms with Gasteiger partial charge in [-0.2, -0.15) is 11.8 Å². The van der Waals surface area contributed by atoms with Gasteiger partial charge in [-0.05, 0) is 24.5 Å². The van der Waals surface area contributed by atoms with E-state index in [0.29, 0.717) is 23.8 Å². The predicted octanol–water partition coefficient (Wildman–Crippen LogP) is 3.53. The predicted molar refractivity (Wildman–Crippen MR) is 105 cm³/mol. The lowest BCUT2D eigenvalue weighted by Gasteiger charge is -2.34. The van der Waals surface area contributed by atoms with Gasteiger partial charge in [-0.3, -0.25) is 4.99 Å². The second-order valence-electron chi connectivity index (χ2n) is 5.31. The molecule has 2 rings (SSSR count). The first-order valence-corrected chi connectivity index (χ1v) is 8.70. The Morgan fingerprint density at radius 3 is 2.87 bits per heavy atom. The molecule has 1 aromatic carbocycles. The molecule has 0 amide bonds. The normalized spacial score (nSPS) is 18.5. The maximum Gasteiger partial charge on any atom is 0.193 e. The second kappa shape index (κ2) is 10.3. The van der Waals surface area contributed by atoms with Crippen LogP contribution < -0.4 is 5.32 Å². The number of thioether (sulfide) groups is 1. The van der Waals surface area contributed by atoms with Gasteiger partial charge >= 0.3 is 0 Å². The van der Waals surface area contributed by atoms with Crippen LogP contribution in [0.3, 0.4) is 0 Å². The zero-order valence-electron chi connectivity index (χ0n) is 13.5. The molecule has 3 nitrogen and oxygen atoms in total. The number of halogens is 3. The van der Waals surface area contributed by atoms with E-state index in [9.17, 15) is 8.78 Å². The summed E-state index contributed by atoms with van der Waals surface area (Å²) in [6.07, 6.45) is 1.66. The molecule has 0 spiro atoms. The zero-order chi connectivity index (χ0) is 15.9. The molecule has 1 heterocycles. The van der Waals surface area contributed by atoms with E-state index in [-0.39, 0.29) is 24.0 Å². The Morgan fingerprint density at radius 1 is 1.43 bits per heavy atom. The molecule has 1 unspecified atom stereocenters. The first-order valence-electron chi connectivity index (χ1n) is 7.65. The standard InChI is InChI=1S/C16H23F2N3S.HI/c1-3-14-11-21(8-9-22-14)16(19-2)20-7-6-12-4-5-13(17)10-15(12)18;/h4-5,10,14H,3,6-9,11H2,1-2H3,(H,19,20);1H. The highest BCUT2D eigenvalue weighted by Gasteiger charge is 2.21. The van der Waals surface area contributed by atoms with Crippen LogP contribution in [0.25, 0.3) is 0 Å². The summed E-state index contributed by atoms with van der Waals surface area (Å²) in [5.41, 5.74) is 0.519. The van der Waals surface area contributed by atoms with Crippen molar-refractivity contribution >= 4 is 41.7 Å². The maximum absolute atomic E-state index is 13.6. The Labute approximate surface area is 158 Å². The van der Waals surface area contributed by atoms with Gasteiger partial charge in [-0.1, -0.05) is 13.0 Å². The van der Waals surface area contributed by atoms with Crippen LogP contribution in [0.2, 0.25) is 0 Å². The number of aliphatic imine (C=N–C) groups is 1. The van der Waals surface area contributed by atoms with E-state index in [0.717, 1.165) is 37.3 Å². The second-order valence-corrected chi connectivity index (χ2v) is 6.72. The topological polar surface area (TPSA) is 27.6 Å². The summed E-state index contributed by atoms with van der Waals surface area (Å²) in [5, 5.41) is 3.92. The number of nitrogens with one attached hydrogen (secondary N) is 1. The molecule has 130 valence electrons. The first kappa shape index (κ1) is 20.5. The fourth-order valence-corrected chi connectivity index (χ4v) is 3.70. The smallest absolute Gasteiger partial charge is 0.193 e. The van der Waals surface area contributed by atoms with Gasteiger partial charge in [0, 0.05) is 43.8 Å². The van der Waals surface area contributed by atoms with Crippen LogP contribution >= 0.6 is 35.7 Å². The minimum absolute atomic E-state index is 0. The largest absolute Gasteiger partial charge is 0.356 e. The Morgan fingerprint density at radius 2 is 2.22 bits per heavy atom. The van der Waals surface area contributed by atoms with E-state index in [2.05, 4.69) is 22.1 Å². The Hall–Kier alpha value is -0.570. The van der Waals surface area contributed by atoms with Gasteiger partial charge < -0.3 is 10.2 Å². The molecule has 1 saturated heterocycles. The van der Waals surface area contributed by atoms with E-state index in [4.69, 9.17) is 0 Å². The van der Waals surface area contributed by atoms with Crippen molar-refractivity contribution in [3.05, 3.63) is 35.4 Å². The van der Waals surface area contributed by atoms with Crippen LogP contribution in [0.5, 0.6) is 0 Å². The van der Waals surface area contributed by atoms with Crippen LogP contribution in [0, 0.1) is 11.6 Å². The fourth-order valence-electron chi connectivity index (χ4n) is 2.52. The molecule has 23 heavy (non-hydrogen) atoms. The van der Waals surface area contributed by atoms with Crippen LogP contribution in [0.15, 0.2) is 23.2 Å². The third-order valence-electron chi connectivity index (χ3n) is 3.80. The first-order chi connectivity index (χ1) is 10.6. The molecule has 1 fully saturated rings. The maximum atomic E-state index is 13.6. The number of hydrogen-bond acceptors (Lipinski definition) is 2. The van der Waals surface area contributed by atoms with Crippen molar-refractivity contribution in [2.75, 3.05) is 32.4 Å². The van der Waals surface area contributed by atoms with Crippen molar-refractivity contribution in [2.24, 2.45) is 4.99 Å². The van der Waals surface area contributed by atoms with Crippen molar-refractivity contribution in [1.29, 1.82) is 0 Å². The van der Waals surface area contributed by atoms with Crippen molar-refractivity contribution < 1.29 is 8.78 Å². The Bertz CT molecular complexity index is 528. The van der Waals surface area contributed by atoms with E-state index in [1.54, 1.807) is 7.05 Å². The molecule has 0 saturated carbocycles. The fraction of sp³-hybridized carbons (Fsp3) is 0.562. The molecule has 1 aromatic rings. The van der Waals surface area contributed by atoms with Crippen LogP contribution in [0.1, 0.15) is 18.9 Å². The number of nitrogens with zero attached hydrogens (tertiary/aromatic N) is 2. The third-order valence-corrected chi connectivity index (χ3v) is 5.17. The van der Waals surface area contributed by atoms with Gasteiger partial charge in [0.1, 0.15) is 11.6 Å². The van der Waals surface area contributed by atoms with Crippen molar-refractivity contribution in [1.82, 2.24) is 10.2 Å². The summed E-state index contributed by atoms with van der Waals surface area (Å²) in [6, 6.07) is 3.72. The average molecular weight is 455 g/mol. The van der Waals surface area contributed by atoms with E-state index < -0.39 is 11.6 Å². The number of guanidine groups is 1. The highest BCUT2D eigenvalue weighted by molar-refractivity contribution is 14.0. The molecule has 1 N–H and O–H groups in total. The molecule has 1 aliphatic heterocycles. The van der Waals surface area contributed by atoms with Gasteiger partial charge in [-0.25, -0.2) is 8.78 Å². The summed E-state index contributed by atoms with van der Waals surface area (Å²) < 4.78 is 26.5. The molecule has 0 aliphatic carbocycles. The highest BCUT2D eigenvalue weighted by atomic mass is 127. The van der Waals surface area contributed by atoms with E-state index >= 15 is 0 Å². The van der Waals surface area contributed by atoms with Crippen molar-refractivity contribution in [2.45, 2.75) is 25.0 Å². The van der Waals surface area contributed by atoms with Crippen molar-refractivity contribution in [3.63, 3.8) is 0 Å². The quantitative estimate of drug-likeness (QED) is 0.428. The van der Waals surface area contributed by atoms with E-state index in [1.807, 2.05) is 11.8 Å². The molecule has 0 radical (unpaired) electrons. The third kappa shape index (κ3) is 6.10. The van der Waals surface area contributed by atoms with Crippen molar-refractivity contribution in [3.8, 4) is 0 Å². The monoisotopic (exact) mass is 455 g/mol. The summed E-state index contributed by atoms with van der Waals surface area (Å²) in [7, 11) is 1.77. The van der Waals surface area contributed by atoms with E-state index in [1.165, 1.54) is 12.1 Å². The summed E-state index contributed by atoms with van der Waals surface area (Å²) in [5.74, 6) is 0.936. The van der Waals surface area contributed by atoms with Crippen LogP contribution in [0.4, 0.5) is 8.78 Å². The lowest BCUT2D eigenvalue weighted by atomic mass is 10.1. The number of rotatable bonds is 4.